The maximum atomic E-state index is 12.5. The van der Waals surface area contributed by atoms with E-state index in [4.69, 9.17) is 4.74 Å². The van der Waals surface area contributed by atoms with Crippen molar-refractivity contribution in [2.45, 2.75) is 12.8 Å². The van der Waals surface area contributed by atoms with E-state index in [-0.39, 0.29) is 5.91 Å². The summed E-state index contributed by atoms with van der Waals surface area (Å²) in [6, 6.07) is 14.0. The minimum absolute atomic E-state index is 0.138. The molecule has 1 aromatic carbocycles. The van der Waals surface area contributed by atoms with E-state index in [1.807, 2.05) is 36.5 Å². The lowest BCUT2D eigenvalue weighted by Crippen LogP contribution is -2.46. The first-order valence-electron chi connectivity index (χ1n) is 10.7. The number of fused-ring (bicyclic) bond motifs is 1. The molecular weight excluding hydrogens is 458 g/mol. The summed E-state index contributed by atoms with van der Waals surface area (Å²) in [5.41, 5.74) is 2.49. The van der Waals surface area contributed by atoms with Crippen molar-refractivity contribution in [2.75, 3.05) is 51.3 Å². The van der Waals surface area contributed by atoms with Crippen LogP contribution < -0.4 is 15.0 Å². The summed E-state index contributed by atoms with van der Waals surface area (Å²) < 4.78 is 7.94. The van der Waals surface area contributed by atoms with Crippen LogP contribution in [0, 0.1) is 0 Å². The zero-order valence-electron chi connectivity index (χ0n) is 17.8. The molecule has 1 aliphatic rings. The van der Waals surface area contributed by atoms with Gasteiger partial charge in [-0.1, -0.05) is 18.2 Å². The fourth-order valence-electron chi connectivity index (χ4n) is 3.96. The minimum atomic E-state index is -0.138. The largest absolute Gasteiger partial charge is 0.495 e. The molecule has 164 valence electrons. The predicted molar refractivity (Wildman–Crippen MR) is 126 cm³/mol. The van der Waals surface area contributed by atoms with Crippen LogP contribution in [0.3, 0.4) is 0 Å². The third kappa shape index (κ3) is 5.02. The average Bonchev–Trinajstić information content (AvgIpc) is 3.16. The highest BCUT2D eigenvalue weighted by Gasteiger charge is 2.19. The van der Waals surface area contributed by atoms with Crippen molar-refractivity contribution in [3.05, 3.63) is 58.8 Å². The van der Waals surface area contributed by atoms with Gasteiger partial charge in [0.15, 0.2) is 5.69 Å². The summed E-state index contributed by atoms with van der Waals surface area (Å²) >= 11 is 3.50. The molecule has 1 saturated heterocycles. The first-order chi connectivity index (χ1) is 15.2. The number of nitrogens with one attached hydrogen (secondary N) is 1. The Morgan fingerprint density at radius 1 is 1.10 bits per heavy atom. The summed E-state index contributed by atoms with van der Waals surface area (Å²) in [5.74, 6) is 0.796. The molecule has 1 aliphatic heterocycles. The second-order valence-electron chi connectivity index (χ2n) is 7.66. The van der Waals surface area contributed by atoms with Gasteiger partial charge in [-0.25, -0.2) is 4.52 Å². The van der Waals surface area contributed by atoms with Crippen LogP contribution in [0.1, 0.15) is 23.3 Å². The zero-order valence-corrected chi connectivity index (χ0v) is 19.3. The number of amides is 1. The quantitative estimate of drug-likeness (QED) is 0.495. The number of benzene rings is 1. The van der Waals surface area contributed by atoms with Gasteiger partial charge in [0, 0.05) is 38.9 Å². The van der Waals surface area contributed by atoms with Crippen molar-refractivity contribution in [1.82, 2.24) is 19.8 Å². The number of para-hydroxylation sites is 2. The Labute approximate surface area is 191 Å². The van der Waals surface area contributed by atoms with Crippen LogP contribution >= 0.6 is 15.9 Å². The maximum absolute atomic E-state index is 12.5. The van der Waals surface area contributed by atoms with Crippen LogP contribution in [0.2, 0.25) is 0 Å². The molecule has 8 heteroatoms. The lowest BCUT2D eigenvalue weighted by Gasteiger charge is -2.36. The van der Waals surface area contributed by atoms with Gasteiger partial charge in [-0.2, -0.15) is 5.10 Å². The highest BCUT2D eigenvalue weighted by Crippen LogP contribution is 2.28. The molecule has 4 rings (SSSR count). The topological polar surface area (TPSA) is 62.1 Å². The average molecular weight is 486 g/mol. The second kappa shape index (κ2) is 10.2. The summed E-state index contributed by atoms with van der Waals surface area (Å²) in [7, 11) is 1.72. The Kier molecular flexibility index (Phi) is 7.09. The fourth-order valence-corrected chi connectivity index (χ4v) is 4.54. The third-order valence-electron chi connectivity index (χ3n) is 5.68. The van der Waals surface area contributed by atoms with Gasteiger partial charge in [0.05, 0.1) is 22.8 Å². The summed E-state index contributed by atoms with van der Waals surface area (Å²) in [5, 5.41) is 7.36. The number of nitrogens with zero attached hydrogens (tertiary/aromatic N) is 4. The van der Waals surface area contributed by atoms with E-state index in [1.165, 1.54) is 5.69 Å². The van der Waals surface area contributed by atoms with Crippen LogP contribution in [0.15, 0.2) is 53.1 Å². The standard InChI is InChI=1S/C23H28BrN5O2/c1-31-20-10-3-2-8-18(20)28-16-14-27(15-17-28)12-7-5-11-25-23(30)22-21(24)19-9-4-6-13-29(19)26-22/h2-4,6,8-10,13H,5,7,11-12,14-17H2,1H3,(H,25,30). The predicted octanol–water partition coefficient (Wildman–Crippen LogP) is 3.44. The Bertz CT molecular complexity index is 1030. The van der Waals surface area contributed by atoms with Gasteiger partial charge in [-0.05, 0) is 59.6 Å². The van der Waals surface area contributed by atoms with Gasteiger partial charge in [0.1, 0.15) is 5.75 Å². The number of hydrogen-bond donors (Lipinski definition) is 1. The smallest absolute Gasteiger partial charge is 0.273 e. The van der Waals surface area contributed by atoms with Crippen molar-refractivity contribution in [3.63, 3.8) is 0 Å². The molecule has 1 fully saturated rings. The first-order valence-corrected chi connectivity index (χ1v) is 11.5. The molecule has 31 heavy (non-hydrogen) atoms. The molecule has 1 N–H and O–H groups in total. The van der Waals surface area contributed by atoms with E-state index in [2.05, 4.69) is 48.3 Å². The van der Waals surface area contributed by atoms with Crippen molar-refractivity contribution < 1.29 is 9.53 Å². The molecule has 3 aromatic rings. The molecule has 0 unspecified atom stereocenters. The van der Waals surface area contributed by atoms with Gasteiger partial charge in [0.25, 0.3) is 5.91 Å². The summed E-state index contributed by atoms with van der Waals surface area (Å²) in [4.78, 5) is 17.4. The van der Waals surface area contributed by atoms with Gasteiger partial charge in [-0.3, -0.25) is 9.69 Å². The number of rotatable bonds is 8. The lowest BCUT2D eigenvalue weighted by molar-refractivity contribution is 0.0946. The van der Waals surface area contributed by atoms with E-state index in [1.54, 1.807) is 11.6 Å². The number of halogens is 1. The Hall–Kier alpha value is -2.58. The first kappa shape index (κ1) is 21.6. The number of ether oxygens (including phenoxy) is 1. The lowest BCUT2D eigenvalue weighted by atomic mass is 10.2. The van der Waals surface area contributed by atoms with Crippen LogP contribution in [0.4, 0.5) is 5.69 Å². The Balaban J connectivity index is 1.17. The zero-order chi connectivity index (χ0) is 21.6. The van der Waals surface area contributed by atoms with Crippen molar-refractivity contribution >= 4 is 33.0 Å². The number of aromatic nitrogens is 2. The highest BCUT2D eigenvalue weighted by atomic mass is 79.9. The number of piperazine rings is 1. The Morgan fingerprint density at radius 2 is 1.87 bits per heavy atom. The molecule has 0 atom stereocenters. The molecule has 0 radical (unpaired) electrons. The van der Waals surface area contributed by atoms with Crippen molar-refractivity contribution in [2.24, 2.45) is 0 Å². The molecule has 0 aliphatic carbocycles. The molecule has 7 nitrogen and oxygen atoms in total. The SMILES string of the molecule is COc1ccccc1N1CCN(CCCCNC(=O)c2nn3ccccc3c2Br)CC1. The summed E-state index contributed by atoms with van der Waals surface area (Å²) in [6.45, 7) is 5.78. The van der Waals surface area contributed by atoms with E-state index in [0.717, 1.165) is 61.3 Å². The fraction of sp³-hybridized carbons (Fsp3) is 0.391. The molecule has 3 heterocycles. The molecule has 1 amide bonds. The van der Waals surface area contributed by atoms with E-state index >= 15 is 0 Å². The molecule has 0 saturated carbocycles. The van der Waals surface area contributed by atoms with Crippen LogP contribution in [-0.2, 0) is 0 Å². The number of methoxy groups -OCH3 is 1. The number of carbonyl (C=O) groups excluding carboxylic acids is 1. The normalized spacial score (nSPS) is 14.7. The number of unbranched alkanes of at least 4 members (excludes halogenated alkanes) is 1. The Morgan fingerprint density at radius 3 is 2.65 bits per heavy atom. The minimum Gasteiger partial charge on any atom is -0.495 e. The van der Waals surface area contributed by atoms with Gasteiger partial charge >= 0.3 is 0 Å². The van der Waals surface area contributed by atoms with Crippen LogP contribution in [-0.4, -0.2) is 66.8 Å². The van der Waals surface area contributed by atoms with E-state index in [0.29, 0.717) is 12.2 Å². The molecule has 0 spiro atoms. The van der Waals surface area contributed by atoms with Crippen LogP contribution in [0.25, 0.3) is 5.52 Å². The van der Waals surface area contributed by atoms with Gasteiger partial charge in [0.2, 0.25) is 0 Å². The van der Waals surface area contributed by atoms with Gasteiger partial charge in [-0.15, -0.1) is 0 Å². The molecule has 0 bridgehead atoms. The highest BCUT2D eigenvalue weighted by molar-refractivity contribution is 9.10. The van der Waals surface area contributed by atoms with E-state index < -0.39 is 0 Å². The van der Waals surface area contributed by atoms with Crippen molar-refractivity contribution in [1.29, 1.82) is 0 Å². The maximum Gasteiger partial charge on any atom is 0.273 e. The van der Waals surface area contributed by atoms with Crippen LogP contribution in [0.5, 0.6) is 5.75 Å². The van der Waals surface area contributed by atoms with E-state index in [9.17, 15) is 4.79 Å². The van der Waals surface area contributed by atoms with Gasteiger partial charge < -0.3 is 15.0 Å². The number of hydrogen-bond acceptors (Lipinski definition) is 5. The summed E-state index contributed by atoms with van der Waals surface area (Å²) in [6.07, 6.45) is 3.84. The number of pyridine rings is 1. The number of carbonyl (C=O) groups is 1. The molecule has 2 aromatic heterocycles. The number of anilines is 1. The molecular formula is C23H28BrN5O2. The monoisotopic (exact) mass is 485 g/mol. The second-order valence-corrected chi connectivity index (χ2v) is 8.45. The third-order valence-corrected chi connectivity index (χ3v) is 6.46. The van der Waals surface area contributed by atoms with Crippen molar-refractivity contribution in [3.8, 4) is 5.75 Å².